The lowest BCUT2D eigenvalue weighted by atomic mass is 10.1. The molecule has 5 aromatic rings. The molecule has 2 heterocycles. The second kappa shape index (κ2) is 9.63. The molecule has 0 spiro atoms. The van der Waals surface area contributed by atoms with Crippen molar-refractivity contribution in [2.24, 2.45) is 5.10 Å². The van der Waals surface area contributed by atoms with Gasteiger partial charge < -0.3 is 4.74 Å². The third-order valence-electron chi connectivity index (χ3n) is 5.15. The van der Waals surface area contributed by atoms with Crippen LogP contribution in [0.4, 0.5) is 5.95 Å². The van der Waals surface area contributed by atoms with E-state index >= 15 is 0 Å². The smallest absolute Gasteiger partial charge is 0.244 e. The molecule has 0 fully saturated rings. The van der Waals surface area contributed by atoms with Crippen LogP contribution in [0.1, 0.15) is 12.5 Å². The van der Waals surface area contributed by atoms with Gasteiger partial charge in [-0.1, -0.05) is 53.5 Å². The number of hydrogen-bond donors (Lipinski definition) is 1. The Labute approximate surface area is 206 Å². The molecule has 2 aromatic heterocycles. The minimum atomic E-state index is 0.339. The summed E-state index contributed by atoms with van der Waals surface area (Å²) in [6.45, 7) is 2.53. The van der Waals surface area contributed by atoms with Gasteiger partial charge in [-0.2, -0.15) is 5.10 Å². The van der Waals surface area contributed by atoms with E-state index in [1.54, 1.807) is 12.3 Å². The summed E-state index contributed by atoms with van der Waals surface area (Å²) < 4.78 is 5.54. The first-order valence-corrected chi connectivity index (χ1v) is 11.4. The molecule has 0 amide bonds. The third-order valence-corrected chi connectivity index (χ3v) is 5.69. The number of ether oxygens (including phenoxy) is 1. The van der Waals surface area contributed by atoms with Crippen molar-refractivity contribution in [2.45, 2.75) is 6.92 Å². The quantitative estimate of drug-likeness (QED) is 0.158. The highest BCUT2D eigenvalue weighted by atomic mass is 35.5. The lowest BCUT2D eigenvalue weighted by molar-refractivity contribution is 0.340. The zero-order valence-corrected chi connectivity index (χ0v) is 19.7. The molecule has 0 aliphatic rings. The van der Waals surface area contributed by atoms with Gasteiger partial charge in [0.2, 0.25) is 5.95 Å². The van der Waals surface area contributed by atoms with E-state index in [1.807, 2.05) is 73.7 Å². The van der Waals surface area contributed by atoms with Crippen molar-refractivity contribution in [1.29, 1.82) is 0 Å². The SMILES string of the molecule is CCOc1ccc2cc(C=NNc3nc(-c4ccccc4)c4cc(Cl)ccc4n3)c(Cl)nc2c1. The predicted molar refractivity (Wildman–Crippen MR) is 139 cm³/mol. The molecule has 0 saturated carbocycles. The van der Waals surface area contributed by atoms with Crippen LogP contribution in [-0.2, 0) is 0 Å². The highest BCUT2D eigenvalue weighted by Crippen LogP contribution is 2.29. The van der Waals surface area contributed by atoms with E-state index in [-0.39, 0.29) is 0 Å². The van der Waals surface area contributed by atoms with Gasteiger partial charge in [0.05, 0.1) is 29.5 Å². The first-order chi connectivity index (χ1) is 16.6. The lowest BCUT2D eigenvalue weighted by Gasteiger charge is -2.09. The number of hydrogen-bond acceptors (Lipinski definition) is 6. The Morgan fingerprint density at radius 1 is 0.912 bits per heavy atom. The van der Waals surface area contributed by atoms with Crippen molar-refractivity contribution in [1.82, 2.24) is 15.0 Å². The van der Waals surface area contributed by atoms with Crippen molar-refractivity contribution in [3.63, 3.8) is 0 Å². The molecule has 8 heteroatoms. The Bertz CT molecular complexity index is 1520. The van der Waals surface area contributed by atoms with Gasteiger partial charge in [0.25, 0.3) is 0 Å². The maximum atomic E-state index is 6.40. The number of fused-ring (bicyclic) bond motifs is 2. The number of benzene rings is 3. The second-order valence-electron chi connectivity index (χ2n) is 7.45. The summed E-state index contributed by atoms with van der Waals surface area (Å²) in [4.78, 5) is 13.7. The van der Waals surface area contributed by atoms with E-state index in [0.717, 1.165) is 38.8 Å². The van der Waals surface area contributed by atoms with Gasteiger partial charge in [-0.15, -0.1) is 0 Å². The minimum Gasteiger partial charge on any atom is -0.494 e. The number of aromatic nitrogens is 3. The molecule has 1 N–H and O–H groups in total. The fourth-order valence-corrected chi connectivity index (χ4v) is 3.98. The van der Waals surface area contributed by atoms with Gasteiger partial charge in [-0.05, 0) is 43.3 Å². The standard InChI is InChI=1S/C26H19Cl2N5O/c1-2-34-20-10-8-17-12-18(25(28)30-23(17)14-20)15-29-33-26-31-22-11-9-19(27)13-21(22)24(32-26)16-6-4-3-5-7-16/h3-15H,2H2,1H3,(H,31,32,33). The molecule has 0 unspecified atom stereocenters. The summed E-state index contributed by atoms with van der Waals surface area (Å²) >= 11 is 12.6. The van der Waals surface area contributed by atoms with Crippen molar-refractivity contribution in [3.05, 3.63) is 88.5 Å². The number of rotatable bonds is 6. The van der Waals surface area contributed by atoms with E-state index in [4.69, 9.17) is 27.9 Å². The normalized spacial score (nSPS) is 11.4. The zero-order valence-electron chi connectivity index (χ0n) is 18.2. The third kappa shape index (κ3) is 4.64. The number of anilines is 1. The van der Waals surface area contributed by atoms with Crippen LogP contribution in [-0.4, -0.2) is 27.8 Å². The molecular weight excluding hydrogens is 469 g/mol. The summed E-state index contributed by atoms with van der Waals surface area (Å²) in [5.74, 6) is 1.11. The fraction of sp³-hybridized carbons (Fsp3) is 0.0769. The number of nitrogens with zero attached hydrogens (tertiary/aromatic N) is 4. The van der Waals surface area contributed by atoms with Gasteiger partial charge >= 0.3 is 0 Å². The number of nitrogens with one attached hydrogen (secondary N) is 1. The molecule has 0 aliphatic heterocycles. The van der Waals surface area contributed by atoms with E-state index < -0.39 is 0 Å². The molecule has 0 saturated heterocycles. The molecule has 34 heavy (non-hydrogen) atoms. The Balaban J connectivity index is 1.46. The fourth-order valence-electron chi connectivity index (χ4n) is 3.61. The molecule has 0 atom stereocenters. The largest absolute Gasteiger partial charge is 0.494 e. The van der Waals surface area contributed by atoms with Gasteiger partial charge in [-0.25, -0.2) is 20.4 Å². The van der Waals surface area contributed by atoms with E-state index in [1.165, 1.54) is 0 Å². The van der Waals surface area contributed by atoms with E-state index in [9.17, 15) is 0 Å². The summed E-state index contributed by atoms with van der Waals surface area (Å²) in [6.07, 6.45) is 1.60. The Morgan fingerprint density at radius 3 is 2.59 bits per heavy atom. The maximum Gasteiger partial charge on any atom is 0.244 e. The molecule has 0 radical (unpaired) electrons. The van der Waals surface area contributed by atoms with Gasteiger partial charge in [0, 0.05) is 33.0 Å². The Morgan fingerprint density at radius 2 is 1.76 bits per heavy atom. The predicted octanol–water partition coefficient (Wildman–Crippen LogP) is 7.00. The zero-order chi connectivity index (χ0) is 23.5. The van der Waals surface area contributed by atoms with Crippen LogP contribution >= 0.6 is 23.2 Å². The molecule has 6 nitrogen and oxygen atoms in total. The Hall–Kier alpha value is -3.74. The molecule has 5 rings (SSSR count). The number of pyridine rings is 1. The summed E-state index contributed by atoms with van der Waals surface area (Å²) in [5.41, 5.74) is 6.82. The van der Waals surface area contributed by atoms with Crippen LogP contribution in [0.25, 0.3) is 33.1 Å². The minimum absolute atomic E-state index is 0.339. The van der Waals surface area contributed by atoms with Gasteiger partial charge in [0.1, 0.15) is 10.9 Å². The molecular formula is C26H19Cl2N5O. The van der Waals surface area contributed by atoms with Crippen molar-refractivity contribution in [3.8, 4) is 17.0 Å². The van der Waals surface area contributed by atoms with Gasteiger partial charge in [-0.3, -0.25) is 0 Å². The summed E-state index contributed by atoms with van der Waals surface area (Å²) in [5, 5.41) is 7.07. The number of halogens is 2. The second-order valence-corrected chi connectivity index (χ2v) is 8.24. The molecule has 0 aliphatic carbocycles. The lowest BCUT2D eigenvalue weighted by Crippen LogP contribution is -2.00. The van der Waals surface area contributed by atoms with E-state index in [2.05, 4.69) is 25.5 Å². The first kappa shape index (κ1) is 22.1. The highest BCUT2D eigenvalue weighted by Gasteiger charge is 2.11. The topological polar surface area (TPSA) is 72.3 Å². The summed E-state index contributed by atoms with van der Waals surface area (Å²) in [7, 11) is 0. The van der Waals surface area contributed by atoms with Crippen LogP contribution in [0, 0.1) is 0 Å². The van der Waals surface area contributed by atoms with Gasteiger partial charge in [0.15, 0.2) is 0 Å². The molecule has 3 aromatic carbocycles. The van der Waals surface area contributed by atoms with Crippen LogP contribution in [0.15, 0.2) is 77.9 Å². The first-order valence-electron chi connectivity index (χ1n) is 10.7. The summed E-state index contributed by atoms with van der Waals surface area (Å²) in [6, 6.07) is 23.0. The van der Waals surface area contributed by atoms with Crippen molar-refractivity contribution in [2.75, 3.05) is 12.0 Å². The number of hydrazone groups is 1. The Kier molecular flexibility index (Phi) is 6.25. The van der Waals surface area contributed by atoms with Crippen LogP contribution < -0.4 is 10.2 Å². The van der Waals surface area contributed by atoms with Crippen LogP contribution in [0.2, 0.25) is 10.2 Å². The average Bonchev–Trinajstić information content (AvgIpc) is 2.85. The molecule has 168 valence electrons. The van der Waals surface area contributed by atoms with E-state index in [0.29, 0.717) is 28.3 Å². The maximum absolute atomic E-state index is 6.40. The van der Waals surface area contributed by atoms with Crippen molar-refractivity contribution < 1.29 is 4.74 Å². The monoisotopic (exact) mass is 487 g/mol. The van der Waals surface area contributed by atoms with Crippen LogP contribution in [0.3, 0.4) is 0 Å². The molecule has 0 bridgehead atoms. The van der Waals surface area contributed by atoms with Crippen molar-refractivity contribution >= 4 is 57.2 Å². The average molecular weight is 488 g/mol. The highest BCUT2D eigenvalue weighted by molar-refractivity contribution is 6.32. The van der Waals surface area contributed by atoms with Crippen LogP contribution in [0.5, 0.6) is 5.75 Å².